The van der Waals surface area contributed by atoms with Crippen LogP contribution >= 0.6 is 0 Å². The molecule has 1 saturated heterocycles. The number of benzene rings is 2. The Morgan fingerprint density at radius 3 is 2.33 bits per heavy atom. The lowest BCUT2D eigenvalue weighted by molar-refractivity contribution is -0.132. The minimum absolute atomic E-state index is 0.113. The van der Waals surface area contributed by atoms with Gasteiger partial charge in [-0.1, -0.05) is 6.07 Å². The van der Waals surface area contributed by atoms with Gasteiger partial charge in [0.05, 0.1) is 26.5 Å². The number of carbonyl (C=O) groups excluding carboxylic acids is 2. The van der Waals surface area contributed by atoms with Crippen molar-refractivity contribution in [2.45, 2.75) is 0 Å². The Morgan fingerprint density at radius 1 is 0.923 bits per heavy atom. The third-order valence-electron chi connectivity index (χ3n) is 6.54. The summed E-state index contributed by atoms with van der Waals surface area (Å²) in [4.78, 5) is 31.2. The normalized spacial score (nSPS) is 13.2. The summed E-state index contributed by atoms with van der Waals surface area (Å²) in [6.07, 6.45) is 0. The highest BCUT2D eigenvalue weighted by Gasteiger charge is 2.26. The third kappa shape index (κ3) is 6.80. The Hall–Kier alpha value is -4.25. The molecule has 0 atom stereocenters. The molecule has 2 heterocycles. The number of rotatable bonds is 10. The number of hydrogen-bond donors (Lipinski definition) is 0. The average Bonchev–Trinajstić information content (AvgIpc) is 2.98. The van der Waals surface area contributed by atoms with Crippen LogP contribution in [0.2, 0.25) is 0 Å². The molecule has 2 amide bonds. The number of anilines is 1. The summed E-state index contributed by atoms with van der Waals surface area (Å²) in [6, 6.07) is 14.8. The fourth-order valence-corrected chi connectivity index (χ4v) is 4.35. The summed E-state index contributed by atoms with van der Waals surface area (Å²) in [5, 5.41) is 8.78. The molecule has 0 unspecified atom stereocenters. The summed E-state index contributed by atoms with van der Waals surface area (Å²) in [7, 11) is 4.69. The second kappa shape index (κ2) is 13.0. The molecular weight excluding hydrogens is 505 g/mol. The molecule has 0 bridgehead atoms. The van der Waals surface area contributed by atoms with Crippen molar-refractivity contribution < 1.29 is 28.2 Å². The van der Waals surface area contributed by atoms with Gasteiger partial charge >= 0.3 is 0 Å². The van der Waals surface area contributed by atoms with Crippen LogP contribution in [0.15, 0.2) is 54.6 Å². The number of nitrogens with zero attached hydrogens (tertiary/aromatic N) is 5. The zero-order chi connectivity index (χ0) is 27.8. The van der Waals surface area contributed by atoms with E-state index in [1.165, 1.54) is 36.3 Å². The number of amides is 2. The van der Waals surface area contributed by atoms with Gasteiger partial charge in [-0.25, -0.2) is 4.39 Å². The van der Waals surface area contributed by atoms with Crippen LogP contribution < -0.4 is 14.4 Å². The van der Waals surface area contributed by atoms with Crippen LogP contribution in [0.5, 0.6) is 11.5 Å². The van der Waals surface area contributed by atoms with E-state index in [-0.39, 0.29) is 31.2 Å². The second-order valence-electron chi connectivity index (χ2n) is 8.94. The summed E-state index contributed by atoms with van der Waals surface area (Å²) >= 11 is 0. The Morgan fingerprint density at radius 2 is 1.69 bits per heavy atom. The first-order chi connectivity index (χ1) is 18.9. The highest BCUT2D eigenvalue weighted by molar-refractivity contribution is 5.96. The molecule has 39 heavy (non-hydrogen) atoms. The predicted molar refractivity (Wildman–Crippen MR) is 144 cm³/mol. The van der Waals surface area contributed by atoms with Crippen molar-refractivity contribution >= 4 is 17.6 Å². The highest BCUT2D eigenvalue weighted by Crippen LogP contribution is 2.31. The van der Waals surface area contributed by atoms with Gasteiger partial charge in [-0.3, -0.25) is 9.59 Å². The zero-order valence-corrected chi connectivity index (χ0v) is 22.3. The molecule has 2 aromatic carbocycles. The molecule has 10 nitrogen and oxygen atoms in total. The smallest absolute Gasteiger partial charge is 0.254 e. The largest absolute Gasteiger partial charge is 0.493 e. The Kier molecular flexibility index (Phi) is 9.27. The van der Waals surface area contributed by atoms with Crippen LogP contribution in [-0.2, 0) is 9.53 Å². The molecule has 206 valence electrons. The summed E-state index contributed by atoms with van der Waals surface area (Å²) < 4.78 is 29.4. The van der Waals surface area contributed by atoms with E-state index in [9.17, 15) is 14.0 Å². The quantitative estimate of drug-likeness (QED) is 0.390. The number of halogens is 1. The lowest BCUT2D eigenvalue weighted by Gasteiger charge is -2.36. The summed E-state index contributed by atoms with van der Waals surface area (Å²) in [5.74, 6) is 0.872. The summed E-state index contributed by atoms with van der Waals surface area (Å²) in [6.45, 7) is 2.48. The fourth-order valence-electron chi connectivity index (χ4n) is 4.35. The van der Waals surface area contributed by atoms with Gasteiger partial charge in [-0.2, -0.15) is 0 Å². The molecular formula is C28H32FN5O5. The maximum absolute atomic E-state index is 13.6. The first kappa shape index (κ1) is 27.8. The molecule has 0 radical (unpaired) electrons. The third-order valence-corrected chi connectivity index (χ3v) is 6.54. The number of aromatic nitrogens is 2. The second-order valence-corrected chi connectivity index (χ2v) is 8.94. The van der Waals surface area contributed by atoms with Crippen molar-refractivity contribution in [2.24, 2.45) is 0 Å². The molecule has 11 heteroatoms. The van der Waals surface area contributed by atoms with E-state index < -0.39 is 11.7 Å². The van der Waals surface area contributed by atoms with Crippen molar-refractivity contribution in [2.75, 3.05) is 72.1 Å². The van der Waals surface area contributed by atoms with Gasteiger partial charge in [0.1, 0.15) is 12.4 Å². The first-order valence-corrected chi connectivity index (χ1v) is 12.6. The number of piperazine rings is 1. The highest BCUT2D eigenvalue weighted by atomic mass is 19.1. The molecule has 4 rings (SSSR count). The van der Waals surface area contributed by atoms with Gasteiger partial charge in [0.15, 0.2) is 17.3 Å². The predicted octanol–water partition coefficient (Wildman–Crippen LogP) is 2.74. The molecule has 0 aliphatic carbocycles. The molecule has 0 N–H and O–H groups in total. The van der Waals surface area contributed by atoms with Crippen molar-refractivity contribution in [3.63, 3.8) is 0 Å². The Bertz CT molecular complexity index is 1280. The fraction of sp³-hybridized carbons (Fsp3) is 0.357. The van der Waals surface area contributed by atoms with Crippen molar-refractivity contribution in [3.8, 4) is 22.8 Å². The van der Waals surface area contributed by atoms with E-state index in [0.717, 1.165) is 5.56 Å². The first-order valence-electron chi connectivity index (χ1n) is 12.6. The van der Waals surface area contributed by atoms with E-state index in [0.29, 0.717) is 49.2 Å². The maximum Gasteiger partial charge on any atom is 0.254 e. The molecule has 3 aromatic rings. The molecule has 1 aliphatic heterocycles. The van der Waals surface area contributed by atoms with Crippen LogP contribution in [0.1, 0.15) is 10.4 Å². The van der Waals surface area contributed by atoms with Crippen molar-refractivity contribution in [1.82, 2.24) is 20.0 Å². The average molecular weight is 538 g/mol. The van der Waals surface area contributed by atoms with E-state index in [2.05, 4.69) is 15.1 Å². The standard InChI is InChI=1S/C28H32FN5O5/c1-37-16-15-34(28(36)21-5-4-6-22(29)17-21)19-27(35)33-13-11-32(12-14-33)26-10-8-23(30-31-26)20-7-9-24(38-2)25(18-20)39-3/h4-10,17-18H,11-16,19H2,1-3H3. The SMILES string of the molecule is COCCN(CC(=O)N1CCN(c2ccc(-c3ccc(OC)c(OC)c3)nn2)CC1)C(=O)c1cccc(F)c1. The molecule has 1 fully saturated rings. The minimum atomic E-state index is -0.505. The van der Waals surface area contributed by atoms with Gasteiger partial charge in [-0.15, -0.1) is 10.2 Å². The molecule has 0 saturated carbocycles. The maximum atomic E-state index is 13.6. The topological polar surface area (TPSA) is 97.3 Å². The van der Waals surface area contributed by atoms with Crippen LogP contribution in [0.25, 0.3) is 11.3 Å². The zero-order valence-electron chi connectivity index (χ0n) is 22.3. The van der Waals surface area contributed by atoms with Crippen LogP contribution in [0, 0.1) is 5.82 Å². The molecule has 1 aliphatic rings. The van der Waals surface area contributed by atoms with Gasteiger partial charge in [0, 0.05) is 51.0 Å². The lowest BCUT2D eigenvalue weighted by Crippen LogP contribution is -2.52. The number of methoxy groups -OCH3 is 3. The number of carbonyl (C=O) groups is 2. The Balaban J connectivity index is 1.35. The summed E-state index contributed by atoms with van der Waals surface area (Å²) in [5.41, 5.74) is 1.75. The minimum Gasteiger partial charge on any atom is -0.493 e. The van der Waals surface area contributed by atoms with E-state index >= 15 is 0 Å². The van der Waals surface area contributed by atoms with Gasteiger partial charge < -0.3 is 28.9 Å². The molecule has 1 aromatic heterocycles. The number of hydrogen-bond acceptors (Lipinski definition) is 8. The van der Waals surface area contributed by atoms with E-state index in [1.807, 2.05) is 30.3 Å². The van der Waals surface area contributed by atoms with Gasteiger partial charge in [-0.05, 0) is 48.5 Å². The van der Waals surface area contributed by atoms with Crippen molar-refractivity contribution in [3.05, 3.63) is 66.0 Å². The number of ether oxygens (including phenoxy) is 3. The van der Waals surface area contributed by atoms with E-state index in [4.69, 9.17) is 14.2 Å². The van der Waals surface area contributed by atoms with E-state index in [1.54, 1.807) is 19.1 Å². The van der Waals surface area contributed by atoms with Crippen LogP contribution in [0.3, 0.4) is 0 Å². The van der Waals surface area contributed by atoms with Crippen LogP contribution in [-0.4, -0.2) is 99.0 Å². The van der Waals surface area contributed by atoms with Gasteiger partial charge in [0.25, 0.3) is 5.91 Å². The lowest BCUT2D eigenvalue weighted by atomic mass is 10.1. The van der Waals surface area contributed by atoms with Crippen LogP contribution in [0.4, 0.5) is 10.2 Å². The van der Waals surface area contributed by atoms with Crippen molar-refractivity contribution in [1.29, 1.82) is 0 Å². The molecule has 0 spiro atoms. The monoisotopic (exact) mass is 537 g/mol. The Labute approximate surface area is 226 Å². The van der Waals surface area contributed by atoms with Gasteiger partial charge in [0.2, 0.25) is 5.91 Å².